The van der Waals surface area contributed by atoms with Gasteiger partial charge in [-0.25, -0.2) is 0 Å². The topological polar surface area (TPSA) is 0 Å². The van der Waals surface area contributed by atoms with Crippen LogP contribution in [0.4, 0.5) is 0 Å². The fraction of sp³-hybridized carbons (Fsp3) is 0.375. The van der Waals surface area contributed by atoms with Crippen LogP contribution in [0.15, 0.2) is 23.8 Å². The van der Waals surface area contributed by atoms with E-state index in [1.54, 1.807) is 0 Å². The van der Waals surface area contributed by atoms with E-state index in [-0.39, 0.29) is 0 Å². The summed E-state index contributed by atoms with van der Waals surface area (Å²) in [5.74, 6) is 0. The molecule has 0 saturated heterocycles. The summed E-state index contributed by atoms with van der Waals surface area (Å²) in [5, 5.41) is 0. The minimum absolute atomic E-state index is 1.01. The van der Waals surface area contributed by atoms with Crippen molar-refractivity contribution >= 4 is 17.1 Å². The molecule has 0 N–H and O–H groups in total. The second-order valence-corrected chi connectivity index (χ2v) is 2.81. The number of hydrogen-bond donors (Lipinski definition) is 0. The molecule has 48 valence electrons. The van der Waals surface area contributed by atoms with E-state index >= 15 is 0 Å². The SMILES string of the molecule is CC(=S)C1=CCCC=C1. The highest BCUT2D eigenvalue weighted by molar-refractivity contribution is 7.80. The Morgan fingerprint density at radius 2 is 2.33 bits per heavy atom. The highest BCUT2D eigenvalue weighted by Crippen LogP contribution is 2.10. The number of rotatable bonds is 1. The largest absolute Gasteiger partial charge is 0.0846 e. The van der Waals surface area contributed by atoms with Crippen molar-refractivity contribution in [1.82, 2.24) is 0 Å². The Labute approximate surface area is 61.3 Å². The van der Waals surface area contributed by atoms with E-state index in [2.05, 4.69) is 18.2 Å². The van der Waals surface area contributed by atoms with E-state index in [4.69, 9.17) is 12.2 Å². The lowest BCUT2D eigenvalue weighted by Crippen LogP contribution is -1.92. The fourth-order valence-corrected chi connectivity index (χ4v) is 1.03. The second-order valence-electron chi connectivity index (χ2n) is 2.20. The van der Waals surface area contributed by atoms with Crippen molar-refractivity contribution < 1.29 is 0 Å². The summed E-state index contributed by atoms with van der Waals surface area (Å²) in [6, 6.07) is 0. The number of hydrogen-bond acceptors (Lipinski definition) is 1. The molecule has 0 fully saturated rings. The molecule has 0 radical (unpaired) electrons. The van der Waals surface area contributed by atoms with Crippen molar-refractivity contribution in [2.24, 2.45) is 0 Å². The van der Waals surface area contributed by atoms with Gasteiger partial charge in [0.05, 0.1) is 0 Å². The number of thiocarbonyl (C=S) groups is 1. The van der Waals surface area contributed by atoms with Gasteiger partial charge in [0.15, 0.2) is 0 Å². The van der Waals surface area contributed by atoms with Crippen molar-refractivity contribution in [3.05, 3.63) is 23.8 Å². The minimum atomic E-state index is 1.01. The van der Waals surface area contributed by atoms with Crippen molar-refractivity contribution in [3.8, 4) is 0 Å². The van der Waals surface area contributed by atoms with Gasteiger partial charge in [-0.3, -0.25) is 0 Å². The Kier molecular flexibility index (Phi) is 2.17. The normalized spacial score (nSPS) is 17.2. The Balaban J connectivity index is 2.69. The Bertz CT molecular complexity index is 175. The summed E-state index contributed by atoms with van der Waals surface area (Å²) in [6.07, 6.45) is 8.80. The van der Waals surface area contributed by atoms with Crippen LogP contribution in [0.3, 0.4) is 0 Å². The molecular weight excluding hydrogens is 128 g/mol. The van der Waals surface area contributed by atoms with Crippen LogP contribution >= 0.6 is 12.2 Å². The summed E-state index contributed by atoms with van der Waals surface area (Å²) in [5.41, 5.74) is 1.23. The molecule has 0 bridgehead atoms. The van der Waals surface area contributed by atoms with Crippen LogP contribution in [-0.4, -0.2) is 4.86 Å². The zero-order valence-electron chi connectivity index (χ0n) is 5.55. The summed E-state index contributed by atoms with van der Waals surface area (Å²) in [7, 11) is 0. The molecule has 1 rings (SSSR count). The van der Waals surface area contributed by atoms with Gasteiger partial charge in [0, 0.05) is 4.86 Å². The summed E-state index contributed by atoms with van der Waals surface area (Å²) in [4.78, 5) is 1.01. The van der Waals surface area contributed by atoms with E-state index in [9.17, 15) is 0 Å². The van der Waals surface area contributed by atoms with Crippen molar-refractivity contribution in [1.29, 1.82) is 0 Å². The average molecular weight is 138 g/mol. The Morgan fingerprint density at radius 3 is 2.67 bits per heavy atom. The molecule has 0 atom stereocenters. The molecule has 0 spiro atoms. The second kappa shape index (κ2) is 2.92. The van der Waals surface area contributed by atoms with Gasteiger partial charge < -0.3 is 0 Å². The van der Waals surface area contributed by atoms with Crippen LogP contribution in [0.1, 0.15) is 19.8 Å². The van der Waals surface area contributed by atoms with Crippen LogP contribution < -0.4 is 0 Å². The molecule has 9 heavy (non-hydrogen) atoms. The van der Waals surface area contributed by atoms with E-state index in [0.29, 0.717) is 0 Å². The first kappa shape index (κ1) is 6.69. The molecule has 0 aliphatic heterocycles. The van der Waals surface area contributed by atoms with Gasteiger partial charge in [0.25, 0.3) is 0 Å². The van der Waals surface area contributed by atoms with Gasteiger partial charge in [0.2, 0.25) is 0 Å². The lowest BCUT2D eigenvalue weighted by Gasteiger charge is -2.02. The van der Waals surface area contributed by atoms with Crippen LogP contribution in [0.5, 0.6) is 0 Å². The first-order valence-electron chi connectivity index (χ1n) is 3.18. The molecule has 0 saturated carbocycles. The Morgan fingerprint density at radius 1 is 1.56 bits per heavy atom. The first-order valence-corrected chi connectivity index (χ1v) is 3.59. The monoisotopic (exact) mass is 138 g/mol. The van der Waals surface area contributed by atoms with Gasteiger partial charge in [-0.2, -0.15) is 0 Å². The Hall–Kier alpha value is -0.430. The fourth-order valence-electron chi connectivity index (χ4n) is 0.874. The molecule has 0 aromatic carbocycles. The van der Waals surface area contributed by atoms with E-state index in [1.165, 1.54) is 12.0 Å². The smallest absolute Gasteiger partial charge is 0.0190 e. The molecule has 0 nitrogen and oxygen atoms in total. The summed E-state index contributed by atoms with van der Waals surface area (Å²) < 4.78 is 0. The predicted octanol–water partition coefficient (Wildman–Crippen LogP) is 2.65. The quantitative estimate of drug-likeness (QED) is 0.502. The van der Waals surface area contributed by atoms with Crippen LogP contribution in [0, 0.1) is 0 Å². The molecule has 1 aliphatic carbocycles. The lowest BCUT2D eigenvalue weighted by atomic mass is 10.1. The van der Waals surface area contributed by atoms with Gasteiger partial charge in [-0.05, 0) is 25.3 Å². The zero-order valence-corrected chi connectivity index (χ0v) is 6.37. The minimum Gasteiger partial charge on any atom is -0.0846 e. The third-order valence-corrected chi connectivity index (χ3v) is 1.64. The molecule has 1 aliphatic rings. The number of allylic oxidation sites excluding steroid dienone is 4. The highest BCUT2D eigenvalue weighted by atomic mass is 32.1. The highest BCUT2D eigenvalue weighted by Gasteiger charge is 1.96. The van der Waals surface area contributed by atoms with Crippen LogP contribution in [0.2, 0.25) is 0 Å². The standard InChI is InChI=1S/C8H10S/c1-7(9)8-5-3-2-4-6-8/h3,5-6H,2,4H2,1H3. The molecule has 0 amide bonds. The lowest BCUT2D eigenvalue weighted by molar-refractivity contribution is 1.03. The maximum atomic E-state index is 5.00. The summed E-state index contributed by atoms with van der Waals surface area (Å²) >= 11 is 5.00. The first-order chi connectivity index (χ1) is 4.30. The molecule has 0 aromatic rings. The third kappa shape index (κ3) is 1.75. The van der Waals surface area contributed by atoms with E-state index in [0.717, 1.165) is 11.3 Å². The summed E-state index contributed by atoms with van der Waals surface area (Å²) in [6.45, 7) is 1.97. The molecule has 1 heteroatoms. The van der Waals surface area contributed by atoms with Crippen molar-refractivity contribution in [2.75, 3.05) is 0 Å². The predicted molar refractivity (Wildman–Crippen MR) is 44.7 cm³/mol. The molecule has 0 heterocycles. The van der Waals surface area contributed by atoms with Crippen LogP contribution in [0.25, 0.3) is 0 Å². The van der Waals surface area contributed by atoms with Gasteiger partial charge in [-0.15, -0.1) is 0 Å². The van der Waals surface area contributed by atoms with Gasteiger partial charge >= 0.3 is 0 Å². The van der Waals surface area contributed by atoms with Crippen molar-refractivity contribution in [2.45, 2.75) is 19.8 Å². The zero-order chi connectivity index (χ0) is 6.69. The average Bonchev–Trinajstić information content (AvgIpc) is 1.90. The van der Waals surface area contributed by atoms with Gasteiger partial charge in [-0.1, -0.05) is 30.4 Å². The molecular formula is C8H10S. The van der Waals surface area contributed by atoms with Gasteiger partial charge in [0.1, 0.15) is 0 Å². The van der Waals surface area contributed by atoms with Crippen molar-refractivity contribution in [3.63, 3.8) is 0 Å². The third-order valence-electron chi connectivity index (χ3n) is 1.40. The maximum absolute atomic E-state index is 5.00. The van der Waals surface area contributed by atoms with E-state index in [1.807, 2.05) is 6.92 Å². The molecule has 0 aromatic heterocycles. The molecule has 0 unspecified atom stereocenters. The van der Waals surface area contributed by atoms with Crippen LogP contribution in [-0.2, 0) is 0 Å². The maximum Gasteiger partial charge on any atom is 0.0190 e. The van der Waals surface area contributed by atoms with E-state index < -0.39 is 0 Å².